The van der Waals surface area contributed by atoms with Crippen LogP contribution in [0.4, 0.5) is 5.69 Å². The van der Waals surface area contributed by atoms with Crippen LogP contribution < -0.4 is 9.62 Å². The minimum absolute atomic E-state index is 0.0393. The Kier molecular flexibility index (Phi) is 9.48. The van der Waals surface area contributed by atoms with Crippen molar-refractivity contribution >= 4 is 43.5 Å². The normalized spacial score (nSPS) is 13.2. The van der Waals surface area contributed by atoms with Crippen molar-refractivity contribution in [2.24, 2.45) is 0 Å². The molecule has 2 atom stereocenters. The molecule has 1 N–H and O–H groups in total. The first-order valence-corrected chi connectivity index (χ1v) is 13.4. The standard InChI is InChI=1S/C24H32BrN3O4S/c1-6-18(3)26-24(30)19(4)27(15-20-10-8-11-21(25)14-20)23(29)16-28(33(5,31)32)22-12-7-9-17(2)13-22/h7-14,18-19H,6,15-16H2,1-5H3,(H,26,30). The number of nitrogens with zero attached hydrogens (tertiary/aromatic N) is 2. The van der Waals surface area contributed by atoms with E-state index in [0.29, 0.717) is 5.69 Å². The summed E-state index contributed by atoms with van der Waals surface area (Å²) >= 11 is 3.43. The van der Waals surface area contributed by atoms with Gasteiger partial charge in [0.25, 0.3) is 0 Å². The van der Waals surface area contributed by atoms with Gasteiger partial charge < -0.3 is 10.2 Å². The van der Waals surface area contributed by atoms with Crippen molar-refractivity contribution in [1.29, 1.82) is 0 Å². The van der Waals surface area contributed by atoms with Gasteiger partial charge in [-0.05, 0) is 62.6 Å². The highest BCUT2D eigenvalue weighted by molar-refractivity contribution is 9.10. The number of benzene rings is 2. The van der Waals surface area contributed by atoms with Crippen LogP contribution in [0.2, 0.25) is 0 Å². The average Bonchev–Trinajstić information content (AvgIpc) is 2.74. The first kappa shape index (κ1) is 26.9. The second kappa shape index (κ2) is 11.7. The van der Waals surface area contributed by atoms with Crippen LogP contribution in [0.25, 0.3) is 0 Å². The number of rotatable bonds is 10. The van der Waals surface area contributed by atoms with Gasteiger partial charge >= 0.3 is 0 Å². The molecule has 0 fully saturated rings. The molecule has 2 rings (SSSR count). The zero-order valence-corrected chi connectivity index (χ0v) is 22.1. The lowest BCUT2D eigenvalue weighted by atomic mass is 10.1. The highest BCUT2D eigenvalue weighted by Crippen LogP contribution is 2.21. The minimum atomic E-state index is -3.73. The topological polar surface area (TPSA) is 86.8 Å². The van der Waals surface area contributed by atoms with Gasteiger partial charge in [0.15, 0.2) is 0 Å². The van der Waals surface area contributed by atoms with E-state index in [-0.39, 0.29) is 18.5 Å². The molecule has 0 aliphatic carbocycles. The lowest BCUT2D eigenvalue weighted by Gasteiger charge is -2.32. The lowest BCUT2D eigenvalue weighted by molar-refractivity contribution is -0.139. The molecule has 33 heavy (non-hydrogen) atoms. The third kappa shape index (κ3) is 7.85. The van der Waals surface area contributed by atoms with Gasteiger partial charge in [0, 0.05) is 17.1 Å². The van der Waals surface area contributed by atoms with Gasteiger partial charge in [-0.15, -0.1) is 0 Å². The van der Waals surface area contributed by atoms with Gasteiger partial charge in [-0.1, -0.05) is 47.1 Å². The molecule has 2 aromatic carbocycles. The molecule has 7 nitrogen and oxygen atoms in total. The monoisotopic (exact) mass is 537 g/mol. The first-order valence-electron chi connectivity index (χ1n) is 10.8. The molecule has 0 radical (unpaired) electrons. The molecular formula is C24H32BrN3O4S. The van der Waals surface area contributed by atoms with Gasteiger partial charge in [0.2, 0.25) is 21.8 Å². The number of hydrogen-bond donors (Lipinski definition) is 1. The summed E-state index contributed by atoms with van der Waals surface area (Å²) in [5.74, 6) is -0.747. The van der Waals surface area contributed by atoms with Gasteiger partial charge in [-0.2, -0.15) is 0 Å². The first-order chi connectivity index (χ1) is 15.4. The van der Waals surface area contributed by atoms with Crippen molar-refractivity contribution in [3.8, 4) is 0 Å². The largest absolute Gasteiger partial charge is 0.352 e. The summed E-state index contributed by atoms with van der Waals surface area (Å²) < 4.78 is 27.1. The SMILES string of the molecule is CCC(C)NC(=O)C(C)N(Cc1cccc(Br)c1)C(=O)CN(c1cccc(C)c1)S(C)(=O)=O. The van der Waals surface area contributed by atoms with Crippen LogP contribution in [-0.2, 0) is 26.2 Å². The number of carbonyl (C=O) groups excluding carboxylic acids is 2. The van der Waals surface area contributed by atoms with Crippen LogP contribution in [0.15, 0.2) is 53.0 Å². The van der Waals surface area contributed by atoms with E-state index in [1.807, 2.05) is 51.1 Å². The van der Waals surface area contributed by atoms with Gasteiger partial charge in [-0.3, -0.25) is 13.9 Å². The van der Waals surface area contributed by atoms with E-state index in [1.54, 1.807) is 25.1 Å². The zero-order chi connectivity index (χ0) is 24.8. The fourth-order valence-corrected chi connectivity index (χ4v) is 4.57. The fourth-order valence-electron chi connectivity index (χ4n) is 3.28. The molecule has 2 unspecified atom stereocenters. The highest BCUT2D eigenvalue weighted by atomic mass is 79.9. The molecule has 0 aliphatic rings. The maximum atomic E-state index is 13.5. The Morgan fingerprint density at radius 1 is 1.09 bits per heavy atom. The maximum Gasteiger partial charge on any atom is 0.244 e. The second-order valence-electron chi connectivity index (χ2n) is 8.25. The Labute approximate surface area is 205 Å². The Bertz CT molecular complexity index is 1090. The number of anilines is 1. The summed E-state index contributed by atoms with van der Waals surface area (Å²) in [5.41, 5.74) is 2.10. The van der Waals surface area contributed by atoms with Crippen molar-refractivity contribution in [1.82, 2.24) is 10.2 Å². The maximum absolute atomic E-state index is 13.5. The number of carbonyl (C=O) groups is 2. The quantitative estimate of drug-likeness (QED) is 0.498. The van der Waals surface area contributed by atoms with Crippen molar-refractivity contribution in [2.75, 3.05) is 17.1 Å². The number of aryl methyl sites for hydroxylation is 1. The van der Waals surface area contributed by atoms with Crippen LogP contribution in [0.1, 0.15) is 38.3 Å². The van der Waals surface area contributed by atoms with E-state index in [9.17, 15) is 18.0 Å². The smallest absolute Gasteiger partial charge is 0.244 e. The molecule has 180 valence electrons. The molecule has 0 aliphatic heterocycles. The van der Waals surface area contributed by atoms with Crippen LogP contribution in [-0.4, -0.2) is 50.0 Å². The molecule has 2 amide bonds. The van der Waals surface area contributed by atoms with Gasteiger partial charge in [0.05, 0.1) is 11.9 Å². The molecule has 0 saturated carbocycles. The van der Waals surface area contributed by atoms with E-state index in [1.165, 1.54) is 4.90 Å². The van der Waals surface area contributed by atoms with E-state index in [0.717, 1.165) is 32.6 Å². The number of halogens is 1. The molecule has 0 heterocycles. The van der Waals surface area contributed by atoms with Crippen molar-refractivity contribution in [3.05, 3.63) is 64.1 Å². The van der Waals surface area contributed by atoms with Crippen molar-refractivity contribution < 1.29 is 18.0 Å². The lowest BCUT2D eigenvalue weighted by Crippen LogP contribution is -2.52. The summed E-state index contributed by atoms with van der Waals surface area (Å²) in [4.78, 5) is 27.8. The van der Waals surface area contributed by atoms with Crippen LogP contribution in [0, 0.1) is 6.92 Å². The minimum Gasteiger partial charge on any atom is -0.352 e. The van der Waals surface area contributed by atoms with E-state index < -0.39 is 28.5 Å². The number of nitrogens with one attached hydrogen (secondary N) is 1. The molecule has 0 bridgehead atoms. The Balaban J connectivity index is 2.38. The Hall–Kier alpha value is -2.39. The third-order valence-corrected chi connectivity index (χ3v) is 7.01. The molecule has 9 heteroatoms. The van der Waals surface area contributed by atoms with Gasteiger partial charge in [-0.25, -0.2) is 8.42 Å². The predicted molar refractivity (Wildman–Crippen MR) is 135 cm³/mol. The van der Waals surface area contributed by atoms with Crippen molar-refractivity contribution in [3.63, 3.8) is 0 Å². The molecule has 0 spiro atoms. The van der Waals surface area contributed by atoms with E-state index in [2.05, 4.69) is 21.2 Å². The second-order valence-corrected chi connectivity index (χ2v) is 11.1. The molecular weight excluding hydrogens is 506 g/mol. The Morgan fingerprint density at radius 3 is 2.33 bits per heavy atom. The predicted octanol–water partition coefficient (Wildman–Crippen LogP) is 3.86. The van der Waals surface area contributed by atoms with Crippen molar-refractivity contribution in [2.45, 2.75) is 52.7 Å². The molecule has 0 saturated heterocycles. The summed E-state index contributed by atoms with van der Waals surface area (Å²) in [7, 11) is -3.73. The van der Waals surface area contributed by atoms with Crippen LogP contribution in [0.5, 0.6) is 0 Å². The summed E-state index contributed by atoms with van der Waals surface area (Å²) in [6.07, 6.45) is 1.83. The van der Waals surface area contributed by atoms with Gasteiger partial charge in [0.1, 0.15) is 12.6 Å². The summed E-state index contributed by atoms with van der Waals surface area (Å²) in [5, 5.41) is 2.91. The highest BCUT2D eigenvalue weighted by Gasteiger charge is 2.30. The summed E-state index contributed by atoms with van der Waals surface area (Å²) in [6.45, 7) is 7.13. The van der Waals surface area contributed by atoms with E-state index >= 15 is 0 Å². The third-order valence-electron chi connectivity index (χ3n) is 5.38. The molecule has 0 aromatic heterocycles. The van der Waals surface area contributed by atoms with Crippen LogP contribution in [0.3, 0.4) is 0 Å². The van der Waals surface area contributed by atoms with Crippen LogP contribution >= 0.6 is 15.9 Å². The number of sulfonamides is 1. The molecule has 2 aromatic rings. The number of amides is 2. The summed E-state index contributed by atoms with van der Waals surface area (Å²) in [6, 6.07) is 13.6. The Morgan fingerprint density at radius 2 is 1.76 bits per heavy atom. The zero-order valence-electron chi connectivity index (χ0n) is 19.7. The number of hydrogen-bond acceptors (Lipinski definition) is 4. The van der Waals surface area contributed by atoms with E-state index in [4.69, 9.17) is 0 Å². The fraction of sp³-hybridized carbons (Fsp3) is 0.417. The average molecular weight is 539 g/mol.